The number of aliphatic hydroxyl groups is 2. The highest BCUT2D eigenvalue weighted by Gasteiger charge is 2.41. The van der Waals surface area contributed by atoms with Crippen molar-refractivity contribution in [3.63, 3.8) is 0 Å². The Morgan fingerprint density at radius 1 is 1.40 bits per heavy atom. The second-order valence-electron chi connectivity index (χ2n) is 4.71. The lowest BCUT2D eigenvalue weighted by atomic mass is 10.0. The minimum Gasteiger partial charge on any atom is -0.394 e. The van der Waals surface area contributed by atoms with Gasteiger partial charge in [-0.3, -0.25) is 4.90 Å². The number of ether oxygens (including phenoxy) is 1. The summed E-state index contributed by atoms with van der Waals surface area (Å²) < 4.78 is 5.69. The van der Waals surface area contributed by atoms with Crippen LogP contribution in [0.5, 0.6) is 0 Å². The van der Waals surface area contributed by atoms with Crippen LogP contribution < -0.4 is 0 Å². The maximum Gasteiger partial charge on any atom is 0.105 e. The number of hydrogen-bond acceptors (Lipinski definition) is 4. The van der Waals surface area contributed by atoms with E-state index in [-0.39, 0.29) is 18.8 Å². The lowest BCUT2D eigenvalue weighted by Gasteiger charge is -2.29. The van der Waals surface area contributed by atoms with Gasteiger partial charge < -0.3 is 14.9 Å². The summed E-state index contributed by atoms with van der Waals surface area (Å²) in [4.78, 5) is 2.40. The molecule has 4 nitrogen and oxygen atoms in total. The quantitative estimate of drug-likeness (QED) is 0.695. The smallest absolute Gasteiger partial charge is 0.105 e. The molecule has 2 N–H and O–H groups in total. The largest absolute Gasteiger partial charge is 0.394 e. The van der Waals surface area contributed by atoms with Crippen molar-refractivity contribution in [3.8, 4) is 0 Å². The third kappa shape index (κ3) is 2.33. The molecule has 0 aliphatic carbocycles. The maximum atomic E-state index is 9.70. The van der Waals surface area contributed by atoms with Gasteiger partial charge in [0.05, 0.1) is 12.7 Å². The molecule has 2 aliphatic heterocycles. The van der Waals surface area contributed by atoms with Crippen LogP contribution in [0.4, 0.5) is 0 Å². The zero-order valence-corrected chi connectivity index (χ0v) is 9.30. The highest BCUT2D eigenvalue weighted by atomic mass is 16.5. The lowest BCUT2D eigenvalue weighted by Crippen LogP contribution is -2.46. The number of likely N-dealkylation sites (tertiary alicyclic amines) is 1. The molecule has 0 bridgehead atoms. The van der Waals surface area contributed by atoms with Gasteiger partial charge >= 0.3 is 0 Å². The van der Waals surface area contributed by atoms with E-state index >= 15 is 0 Å². The van der Waals surface area contributed by atoms with Gasteiger partial charge in [-0.25, -0.2) is 0 Å². The second kappa shape index (κ2) is 4.78. The molecule has 0 amide bonds. The summed E-state index contributed by atoms with van der Waals surface area (Å²) in [6.07, 6.45) is 2.71. The Morgan fingerprint density at radius 3 is 2.67 bits per heavy atom. The maximum absolute atomic E-state index is 9.70. The molecule has 0 aromatic rings. The van der Waals surface area contributed by atoms with E-state index in [0.717, 1.165) is 19.5 Å². The summed E-state index contributed by atoms with van der Waals surface area (Å²) in [7, 11) is 0. The van der Waals surface area contributed by atoms with Crippen molar-refractivity contribution in [2.45, 2.75) is 50.5 Å². The predicted octanol–water partition coefficient (Wildman–Crippen LogP) is -0.0186. The van der Waals surface area contributed by atoms with Crippen LogP contribution in [0.2, 0.25) is 0 Å². The van der Waals surface area contributed by atoms with Gasteiger partial charge in [0.1, 0.15) is 12.2 Å². The predicted molar refractivity (Wildman–Crippen MR) is 56.6 cm³/mol. The molecule has 2 rings (SSSR count). The molecular formula is C11H21NO3. The van der Waals surface area contributed by atoms with Crippen molar-refractivity contribution < 1.29 is 14.9 Å². The fourth-order valence-corrected chi connectivity index (χ4v) is 2.77. The van der Waals surface area contributed by atoms with Crippen molar-refractivity contribution >= 4 is 0 Å². The lowest BCUT2D eigenvalue weighted by molar-refractivity contribution is -0.0671. The third-order valence-corrected chi connectivity index (χ3v) is 3.52. The summed E-state index contributed by atoms with van der Waals surface area (Å²) >= 11 is 0. The van der Waals surface area contributed by atoms with E-state index in [1.807, 2.05) is 6.92 Å². The first-order valence-corrected chi connectivity index (χ1v) is 5.91. The average molecular weight is 215 g/mol. The molecule has 0 aromatic carbocycles. The SMILES string of the molecule is CC1C[C@@H](N2CCCC2)[C@@H](C(O)CO)O1. The highest BCUT2D eigenvalue weighted by Crippen LogP contribution is 2.29. The molecule has 0 radical (unpaired) electrons. The van der Waals surface area contributed by atoms with Crippen molar-refractivity contribution in [3.05, 3.63) is 0 Å². The van der Waals surface area contributed by atoms with Gasteiger partial charge in [-0.2, -0.15) is 0 Å². The van der Waals surface area contributed by atoms with Crippen LogP contribution >= 0.6 is 0 Å². The van der Waals surface area contributed by atoms with E-state index in [1.165, 1.54) is 12.8 Å². The standard InChI is InChI=1S/C11H21NO3/c1-8-6-9(12-4-2-3-5-12)11(15-8)10(14)7-13/h8-11,13-14H,2-7H2,1H3/t8?,9-,10?,11+/m1/s1. The Bertz CT molecular complexity index is 206. The second-order valence-corrected chi connectivity index (χ2v) is 4.71. The van der Waals surface area contributed by atoms with E-state index in [4.69, 9.17) is 9.84 Å². The Kier molecular flexibility index (Phi) is 3.61. The molecule has 0 aromatic heterocycles. The molecule has 15 heavy (non-hydrogen) atoms. The molecule has 4 atom stereocenters. The van der Waals surface area contributed by atoms with E-state index in [1.54, 1.807) is 0 Å². The van der Waals surface area contributed by atoms with Crippen LogP contribution in [0.3, 0.4) is 0 Å². The zero-order chi connectivity index (χ0) is 10.8. The van der Waals surface area contributed by atoms with Gasteiger partial charge in [-0.05, 0) is 39.3 Å². The molecule has 0 saturated carbocycles. The van der Waals surface area contributed by atoms with Gasteiger partial charge in [0.2, 0.25) is 0 Å². The first kappa shape index (κ1) is 11.3. The molecule has 0 spiro atoms. The summed E-state index contributed by atoms with van der Waals surface area (Å²) in [5.74, 6) is 0. The molecule has 2 saturated heterocycles. The molecule has 88 valence electrons. The van der Waals surface area contributed by atoms with Crippen molar-refractivity contribution in [1.82, 2.24) is 4.90 Å². The van der Waals surface area contributed by atoms with Gasteiger partial charge in [-0.15, -0.1) is 0 Å². The van der Waals surface area contributed by atoms with Gasteiger partial charge in [0.25, 0.3) is 0 Å². The third-order valence-electron chi connectivity index (χ3n) is 3.52. The Balaban J connectivity index is 2.00. The zero-order valence-electron chi connectivity index (χ0n) is 9.30. The van der Waals surface area contributed by atoms with E-state index < -0.39 is 6.10 Å². The van der Waals surface area contributed by atoms with Crippen LogP contribution in [0.15, 0.2) is 0 Å². The fourth-order valence-electron chi connectivity index (χ4n) is 2.77. The molecular weight excluding hydrogens is 194 g/mol. The van der Waals surface area contributed by atoms with E-state index in [0.29, 0.717) is 6.04 Å². The van der Waals surface area contributed by atoms with Crippen LogP contribution in [0.1, 0.15) is 26.2 Å². The van der Waals surface area contributed by atoms with Crippen LogP contribution in [-0.2, 0) is 4.74 Å². The first-order valence-electron chi connectivity index (χ1n) is 5.91. The average Bonchev–Trinajstić information content (AvgIpc) is 2.84. The molecule has 2 heterocycles. The van der Waals surface area contributed by atoms with E-state index in [9.17, 15) is 5.11 Å². The summed E-state index contributed by atoms with van der Waals surface area (Å²) in [5, 5.41) is 18.7. The number of hydrogen-bond donors (Lipinski definition) is 2. The van der Waals surface area contributed by atoms with Gasteiger partial charge in [0.15, 0.2) is 0 Å². The number of rotatable bonds is 3. The van der Waals surface area contributed by atoms with Crippen molar-refractivity contribution in [2.75, 3.05) is 19.7 Å². The molecule has 2 fully saturated rings. The summed E-state index contributed by atoms with van der Waals surface area (Å²) in [5.41, 5.74) is 0. The molecule has 2 aliphatic rings. The summed E-state index contributed by atoms with van der Waals surface area (Å²) in [6.45, 7) is 4.04. The van der Waals surface area contributed by atoms with Crippen LogP contribution in [0, 0.1) is 0 Å². The first-order chi connectivity index (χ1) is 7.22. The molecule has 2 unspecified atom stereocenters. The Morgan fingerprint density at radius 2 is 2.07 bits per heavy atom. The van der Waals surface area contributed by atoms with E-state index in [2.05, 4.69) is 4.90 Å². The minimum absolute atomic E-state index is 0.196. The topological polar surface area (TPSA) is 52.9 Å². The number of nitrogens with zero attached hydrogens (tertiary/aromatic N) is 1. The minimum atomic E-state index is -0.736. The fraction of sp³-hybridized carbons (Fsp3) is 1.00. The highest BCUT2D eigenvalue weighted by molar-refractivity contribution is 4.93. The van der Waals surface area contributed by atoms with Gasteiger partial charge in [-0.1, -0.05) is 0 Å². The van der Waals surface area contributed by atoms with Gasteiger partial charge in [0, 0.05) is 6.04 Å². The number of aliphatic hydroxyl groups excluding tert-OH is 2. The normalized spacial score (nSPS) is 39.8. The monoisotopic (exact) mass is 215 g/mol. The molecule has 4 heteroatoms. The van der Waals surface area contributed by atoms with Crippen LogP contribution in [-0.4, -0.2) is 59.2 Å². The summed E-state index contributed by atoms with van der Waals surface area (Å²) in [6, 6.07) is 0.296. The Hall–Kier alpha value is -0.160. The van der Waals surface area contributed by atoms with Crippen molar-refractivity contribution in [2.24, 2.45) is 0 Å². The van der Waals surface area contributed by atoms with Crippen molar-refractivity contribution in [1.29, 1.82) is 0 Å². The van der Waals surface area contributed by atoms with Crippen LogP contribution in [0.25, 0.3) is 0 Å². The Labute approximate surface area is 90.8 Å².